The minimum atomic E-state index is -0.497. The lowest BCUT2D eigenvalue weighted by Crippen LogP contribution is -2.50. The van der Waals surface area contributed by atoms with E-state index in [1.807, 2.05) is 0 Å². The van der Waals surface area contributed by atoms with Crippen LogP contribution < -0.4 is 4.74 Å². The maximum atomic E-state index is 13.2. The molecule has 0 aliphatic carbocycles. The molecule has 1 aliphatic heterocycles. The van der Waals surface area contributed by atoms with E-state index < -0.39 is 5.82 Å². The number of ether oxygens (including phenoxy) is 1. The molecule has 0 spiro atoms. The molecule has 1 fully saturated rings. The molecule has 1 heterocycles. The monoisotopic (exact) mass is 422 g/mol. The number of amides is 2. The number of rotatable bonds is 6. The molecule has 29 heavy (non-hydrogen) atoms. The van der Waals surface area contributed by atoms with E-state index in [0.29, 0.717) is 51.4 Å². The highest BCUT2D eigenvalue weighted by Crippen LogP contribution is 2.20. The Bertz CT molecular complexity index is 886. The highest BCUT2D eigenvalue weighted by Gasteiger charge is 2.25. The predicted octanol–water partition coefficient (Wildman–Crippen LogP) is 3.76. The molecule has 2 aromatic carbocycles. The molecule has 8 heteroatoms. The van der Waals surface area contributed by atoms with Crippen molar-refractivity contribution in [3.05, 3.63) is 64.7 Å². The van der Waals surface area contributed by atoms with Crippen LogP contribution in [0.1, 0.15) is 23.2 Å². The number of nitrogens with zero attached hydrogens (tertiary/aromatic N) is 2. The first-order chi connectivity index (χ1) is 13.9. The first-order valence-corrected chi connectivity index (χ1v) is 9.72. The summed E-state index contributed by atoms with van der Waals surface area (Å²) < 4.78 is 31.7. The van der Waals surface area contributed by atoms with E-state index in [1.165, 1.54) is 24.3 Å². The van der Waals surface area contributed by atoms with Gasteiger partial charge in [-0.1, -0.05) is 17.7 Å². The van der Waals surface area contributed by atoms with Crippen LogP contribution in [0.4, 0.5) is 8.78 Å². The van der Waals surface area contributed by atoms with Crippen LogP contribution >= 0.6 is 11.6 Å². The molecule has 3 rings (SSSR count). The summed E-state index contributed by atoms with van der Waals surface area (Å²) in [7, 11) is 0. The predicted molar refractivity (Wildman–Crippen MR) is 105 cm³/mol. The standard InChI is InChI=1S/C21H21ClF2N2O3/c22-19-14-16(24)6-7-18(19)21(28)26-10-8-25(9-11-26)20(27)5-2-12-29-17-4-1-3-15(23)13-17/h1,3-4,6-7,13-14H,2,5,8-12H2. The van der Waals surface area contributed by atoms with Crippen molar-refractivity contribution in [3.8, 4) is 5.75 Å². The fourth-order valence-corrected chi connectivity index (χ4v) is 3.37. The Morgan fingerprint density at radius 3 is 2.34 bits per heavy atom. The molecular formula is C21H21ClF2N2O3. The third-order valence-corrected chi connectivity index (χ3v) is 4.99. The molecule has 0 radical (unpaired) electrons. The Hall–Kier alpha value is -2.67. The van der Waals surface area contributed by atoms with Gasteiger partial charge in [0.15, 0.2) is 0 Å². The first-order valence-electron chi connectivity index (χ1n) is 9.34. The molecule has 0 aromatic heterocycles. The van der Waals surface area contributed by atoms with Crippen molar-refractivity contribution in [2.75, 3.05) is 32.8 Å². The summed E-state index contributed by atoms with van der Waals surface area (Å²) in [5, 5.41) is 0.0757. The van der Waals surface area contributed by atoms with Crippen molar-refractivity contribution in [2.45, 2.75) is 12.8 Å². The van der Waals surface area contributed by atoms with Gasteiger partial charge in [-0.25, -0.2) is 8.78 Å². The molecule has 0 unspecified atom stereocenters. The van der Waals surface area contributed by atoms with E-state index in [2.05, 4.69) is 0 Å². The molecule has 0 bridgehead atoms. The van der Waals surface area contributed by atoms with Crippen molar-refractivity contribution in [1.29, 1.82) is 0 Å². The topological polar surface area (TPSA) is 49.9 Å². The zero-order valence-corrected chi connectivity index (χ0v) is 16.5. The first kappa shape index (κ1) is 21.0. The summed E-state index contributed by atoms with van der Waals surface area (Å²) in [5.74, 6) is -0.717. The lowest BCUT2D eigenvalue weighted by molar-refractivity contribution is -0.132. The Morgan fingerprint density at radius 2 is 1.66 bits per heavy atom. The molecule has 1 saturated heterocycles. The lowest BCUT2D eigenvalue weighted by atomic mass is 10.1. The van der Waals surface area contributed by atoms with Crippen LogP contribution in [0.25, 0.3) is 0 Å². The van der Waals surface area contributed by atoms with Gasteiger partial charge in [-0.3, -0.25) is 9.59 Å². The van der Waals surface area contributed by atoms with E-state index in [9.17, 15) is 18.4 Å². The summed E-state index contributed by atoms with van der Waals surface area (Å²) in [6, 6.07) is 9.54. The summed E-state index contributed by atoms with van der Waals surface area (Å²) in [6.07, 6.45) is 0.826. The van der Waals surface area contributed by atoms with Crippen LogP contribution in [-0.4, -0.2) is 54.4 Å². The smallest absolute Gasteiger partial charge is 0.255 e. The maximum Gasteiger partial charge on any atom is 0.255 e. The van der Waals surface area contributed by atoms with Gasteiger partial charge in [0, 0.05) is 38.7 Å². The van der Waals surface area contributed by atoms with Gasteiger partial charge < -0.3 is 14.5 Å². The van der Waals surface area contributed by atoms with E-state index in [0.717, 1.165) is 6.07 Å². The SMILES string of the molecule is O=C(CCCOc1cccc(F)c1)N1CCN(C(=O)c2ccc(F)cc2Cl)CC1. The molecule has 2 aromatic rings. The van der Waals surface area contributed by atoms with Gasteiger partial charge in [0.1, 0.15) is 17.4 Å². The third-order valence-electron chi connectivity index (χ3n) is 4.68. The zero-order chi connectivity index (χ0) is 20.8. The third kappa shape index (κ3) is 5.67. The summed E-state index contributed by atoms with van der Waals surface area (Å²) >= 11 is 5.96. The van der Waals surface area contributed by atoms with Crippen molar-refractivity contribution in [3.63, 3.8) is 0 Å². The van der Waals surface area contributed by atoms with E-state index >= 15 is 0 Å². The molecule has 0 saturated carbocycles. The molecule has 0 N–H and O–H groups in total. The number of piperazine rings is 1. The molecule has 154 valence electrons. The van der Waals surface area contributed by atoms with E-state index in [-0.39, 0.29) is 28.2 Å². The van der Waals surface area contributed by atoms with E-state index in [4.69, 9.17) is 16.3 Å². The van der Waals surface area contributed by atoms with Gasteiger partial charge in [-0.05, 0) is 36.8 Å². The normalized spacial score (nSPS) is 14.0. The van der Waals surface area contributed by atoms with Gasteiger partial charge in [0.25, 0.3) is 5.91 Å². The number of hydrogen-bond donors (Lipinski definition) is 0. The molecule has 2 amide bonds. The van der Waals surface area contributed by atoms with Gasteiger partial charge in [0.05, 0.1) is 17.2 Å². The Labute approximate surface area is 172 Å². The molecule has 1 aliphatic rings. The highest BCUT2D eigenvalue weighted by atomic mass is 35.5. The largest absolute Gasteiger partial charge is 0.493 e. The van der Waals surface area contributed by atoms with Crippen LogP contribution in [-0.2, 0) is 4.79 Å². The Balaban J connectivity index is 1.41. The number of carbonyl (C=O) groups is 2. The van der Waals surface area contributed by atoms with Crippen molar-refractivity contribution in [2.24, 2.45) is 0 Å². The van der Waals surface area contributed by atoms with Crippen LogP contribution in [0.15, 0.2) is 42.5 Å². The lowest BCUT2D eigenvalue weighted by Gasteiger charge is -2.35. The summed E-state index contributed by atoms with van der Waals surface area (Å²) in [5.41, 5.74) is 0.252. The van der Waals surface area contributed by atoms with Crippen molar-refractivity contribution in [1.82, 2.24) is 9.80 Å². The van der Waals surface area contributed by atoms with Gasteiger partial charge in [0.2, 0.25) is 5.91 Å². The second kappa shape index (κ2) is 9.69. The summed E-state index contributed by atoms with van der Waals surface area (Å²) in [4.78, 5) is 28.2. The minimum absolute atomic E-state index is 0.0141. The van der Waals surface area contributed by atoms with Gasteiger partial charge >= 0.3 is 0 Å². The zero-order valence-electron chi connectivity index (χ0n) is 15.7. The van der Waals surface area contributed by atoms with Crippen molar-refractivity contribution < 1.29 is 23.1 Å². The number of carbonyl (C=O) groups excluding carboxylic acids is 2. The Kier molecular flexibility index (Phi) is 7.04. The van der Waals surface area contributed by atoms with Gasteiger partial charge in [-0.2, -0.15) is 0 Å². The maximum absolute atomic E-state index is 13.2. The molecule has 5 nitrogen and oxygen atoms in total. The van der Waals surface area contributed by atoms with Crippen molar-refractivity contribution >= 4 is 23.4 Å². The van der Waals surface area contributed by atoms with Gasteiger partial charge in [-0.15, -0.1) is 0 Å². The van der Waals surface area contributed by atoms with Crippen LogP contribution in [0.5, 0.6) is 5.75 Å². The molecular weight excluding hydrogens is 402 g/mol. The number of hydrogen-bond acceptors (Lipinski definition) is 3. The highest BCUT2D eigenvalue weighted by molar-refractivity contribution is 6.33. The van der Waals surface area contributed by atoms with Crippen LogP contribution in [0.2, 0.25) is 5.02 Å². The minimum Gasteiger partial charge on any atom is -0.493 e. The number of halogens is 3. The van der Waals surface area contributed by atoms with Crippen LogP contribution in [0, 0.1) is 11.6 Å². The van der Waals surface area contributed by atoms with E-state index in [1.54, 1.807) is 21.9 Å². The quantitative estimate of drug-likeness (QED) is 0.666. The second-order valence-corrected chi connectivity index (χ2v) is 7.11. The fraction of sp³-hybridized carbons (Fsp3) is 0.333. The Morgan fingerprint density at radius 1 is 0.966 bits per heavy atom. The average Bonchev–Trinajstić information content (AvgIpc) is 2.71. The molecule has 0 atom stereocenters. The fourth-order valence-electron chi connectivity index (χ4n) is 3.12. The number of benzene rings is 2. The second-order valence-electron chi connectivity index (χ2n) is 6.71. The van der Waals surface area contributed by atoms with Crippen LogP contribution in [0.3, 0.4) is 0 Å². The average molecular weight is 423 g/mol. The summed E-state index contributed by atoms with van der Waals surface area (Å²) in [6.45, 7) is 1.94.